The number of para-hydroxylation sites is 1. The molecule has 0 aromatic heterocycles. The molecule has 0 saturated carbocycles. The predicted octanol–water partition coefficient (Wildman–Crippen LogP) is 3.71. The third kappa shape index (κ3) is 3.74. The number of nitriles is 1. The van der Waals surface area contributed by atoms with Crippen molar-refractivity contribution in [2.24, 2.45) is 0 Å². The molecule has 5 nitrogen and oxygen atoms in total. The number of carbonyl (C=O) groups excluding carboxylic acids is 2. The van der Waals surface area contributed by atoms with Gasteiger partial charge < -0.3 is 9.80 Å². The third-order valence-electron chi connectivity index (χ3n) is 5.04. The molecule has 3 aromatic carbocycles. The van der Waals surface area contributed by atoms with Gasteiger partial charge in [0.1, 0.15) is 12.6 Å². The van der Waals surface area contributed by atoms with E-state index in [1.165, 1.54) is 0 Å². The van der Waals surface area contributed by atoms with Crippen LogP contribution in [-0.4, -0.2) is 36.3 Å². The van der Waals surface area contributed by atoms with Crippen LogP contribution in [0.2, 0.25) is 0 Å². The molecule has 0 radical (unpaired) electrons. The van der Waals surface area contributed by atoms with Gasteiger partial charge in [-0.1, -0.05) is 54.6 Å². The fraction of sp³-hybridized carbons (Fsp3) is 0.125. The summed E-state index contributed by atoms with van der Waals surface area (Å²) in [5.41, 5.74) is 3.61. The molecule has 0 N–H and O–H groups in total. The summed E-state index contributed by atoms with van der Waals surface area (Å²) >= 11 is 0. The Morgan fingerprint density at radius 3 is 2.34 bits per heavy atom. The Labute approximate surface area is 169 Å². The zero-order valence-corrected chi connectivity index (χ0v) is 15.8. The van der Waals surface area contributed by atoms with E-state index in [1.54, 1.807) is 40.1 Å². The Morgan fingerprint density at radius 2 is 1.59 bits per heavy atom. The van der Waals surface area contributed by atoms with Crippen molar-refractivity contribution in [1.29, 1.82) is 5.26 Å². The maximum atomic E-state index is 13.0. The van der Waals surface area contributed by atoms with Crippen molar-refractivity contribution in [3.63, 3.8) is 0 Å². The second kappa shape index (κ2) is 7.99. The lowest BCUT2D eigenvalue weighted by Gasteiger charge is -2.34. The molecule has 1 aliphatic heterocycles. The monoisotopic (exact) mass is 381 g/mol. The Kier molecular flexibility index (Phi) is 5.08. The summed E-state index contributed by atoms with van der Waals surface area (Å²) in [6.45, 7) is 0.774. The normalized spacial score (nSPS) is 13.8. The fourth-order valence-electron chi connectivity index (χ4n) is 3.55. The van der Waals surface area contributed by atoms with E-state index >= 15 is 0 Å². The number of nitrogens with zero attached hydrogens (tertiary/aromatic N) is 3. The van der Waals surface area contributed by atoms with Gasteiger partial charge >= 0.3 is 0 Å². The molecule has 3 aromatic rings. The molecule has 1 heterocycles. The lowest BCUT2D eigenvalue weighted by atomic mass is 10.0. The fourth-order valence-corrected chi connectivity index (χ4v) is 3.55. The molecule has 29 heavy (non-hydrogen) atoms. The van der Waals surface area contributed by atoms with Gasteiger partial charge in [0.15, 0.2) is 0 Å². The van der Waals surface area contributed by atoms with Crippen molar-refractivity contribution in [3.8, 4) is 17.2 Å². The van der Waals surface area contributed by atoms with Crippen molar-refractivity contribution >= 4 is 17.5 Å². The largest absolute Gasteiger partial charge is 0.328 e. The topological polar surface area (TPSA) is 64.4 Å². The number of hydrogen-bond acceptors (Lipinski definition) is 3. The Balaban J connectivity index is 1.52. The van der Waals surface area contributed by atoms with Crippen LogP contribution < -0.4 is 4.90 Å². The maximum Gasteiger partial charge on any atom is 0.254 e. The van der Waals surface area contributed by atoms with E-state index in [2.05, 4.69) is 6.07 Å². The minimum Gasteiger partial charge on any atom is -0.328 e. The Bertz CT molecular complexity index is 1100. The lowest BCUT2D eigenvalue weighted by molar-refractivity contribution is -0.120. The van der Waals surface area contributed by atoms with Crippen LogP contribution in [0.5, 0.6) is 0 Å². The summed E-state index contributed by atoms with van der Waals surface area (Å²) < 4.78 is 0. The number of rotatable bonds is 3. The highest BCUT2D eigenvalue weighted by Crippen LogP contribution is 2.24. The van der Waals surface area contributed by atoms with E-state index in [4.69, 9.17) is 0 Å². The summed E-state index contributed by atoms with van der Waals surface area (Å²) in [6, 6.07) is 26.5. The molecule has 0 atom stereocenters. The molecular weight excluding hydrogens is 362 g/mol. The number of anilines is 1. The van der Waals surface area contributed by atoms with Gasteiger partial charge in [-0.2, -0.15) is 5.26 Å². The number of amides is 2. The average Bonchev–Trinajstić information content (AvgIpc) is 2.79. The molecule has 1 saturated heterocycles. The number of hydrogen-bond donors (Lipinski definition) is 0. The van der Waals surface area contributed by atoms with Gasteiger partial charge in [0.2, 0.25) is 5.91 Å². The van der Waals surface area contributed by atoms with Crippen molar-refractivity contribution in [2.75, 3.05) is 24.5 Å². The second-order valence-electron chi connectivity index (χ2n) is 6.85. The summed E-state index contributed by atoms with van der Waals surface area (Å²) in [5.74, 6) is -0.351. The minimum absolute atomic E-state index is 0.00579. The highest BCUT2D eigenvalue weighted by atomic mass is 16.2. The van der Waals surface area contributed by atoms with Crippen LogP contribution in [0.3, 0.4) is 0 Å². The quantitative estimate of drug-likeness (QED) is 0.695. The van der Waals surface area contributed by atoms with Crippen molar-refractivity contribution < 1.29 is 9.59 Å². The first kappa shape index (κ1) is 18.5. The molecule has 2 amide bonds. The van der Waals surface area contributed by atoms with Crippen LogP contribution in [-0.2, 0) is 4.79 Å². The predicted molar refractivity (Wildman–Crippen MR) is 111 cm³/mol. The molecule has 0 spiro atoms. The highest BCUT2D eigenvalue weighted by molar-refractivity contribution is 6.02. The number of piperazine rings is 1. The molecule has 4 rings (SSSR count). The zero-order chi connectivity index (χ0) is 20.2. The van der Waals surface area contributed by atoms with Gasteiger partial charge in [-0.3, -0.25) is 9.59 Å². The van der Waals surface area contributed by atoms with Gasteiger partial charge in [-0.15, -0.1) is 0 Å². The smallest absolute Gasteiger partial charge is 0.254 e. The third-order valence-corrected chi connectivity index (χ3v) is 5.04. The summed E-state index contributed by atoms with van der Waals surface area (Å²) in [5, 5.41) is 9.29. The van der Waals surface area contributed by atoms with Crippen LogP contribution >= 0.6 is 0 Å². The van der Waals surface area contributed by atoms with Crippen LogP contribution in [0.15, 0.2) is 78.9 Å². The van der Waals surface area contributed by atoms with Crippen molar-refractivity contribution in [2.45, 2.75) is 0 Å². The maximum absolute atomic E-state index is 13.0. The van der Waals surface area contributed by atoms with Crippen molar-refractivity contribution in [3.05, 3.63) is 90.0 Å². The average molecular weight is 381 g/mol. The Hall–Kier alpha value is -3.91. The van der Waals surface area contributed by atoms with Gasteiger partial charge in [0, 0.05) is 18.7 Å². The zero-order valence-electron chi connectivity index (χ0n) is 15.8. The van der Waals surface area contributed by atoms with Crippen molar-refractivity contribution in [1.82, 2.24) is 4.90 Å². The van der Waals surface area contributed by atoms with Gasteiger partial charge in [-0.25, -0.2) is 0 Å². The standard InChI is InChI=1S/C24H19N3O2/c25-16-21-9-4-5-12-22(21)27-14-13-26(17-23(27)28)24(29)20-11-6-10-19(15-20)18-7-2-1-3-8-18/h1-12,15H,13-14,17H2. The van der Waals surface area contributed by atoms with Crippen LogP contribution in [0.4, 0.5) is 5.69 Å². The van der Waals surface area contributed by atoms with Crippen LogP contribution in [0, 0.1) is 11.3 Å². The molecule has 0 bridgehead atoms. The van der Waals surface area contributed by atoms with Crippen LogP contribution in [0.1, 0.15) is 15.9 Å². The number of benzene rings is 3. The molecule has 5 heteroatoms. The molecule has 1 fully saturated rings. The molecular formula is C24H19N3O2. The van der Waals surface area contributed by atoms with Gasteiger partial charge in [0.25, 0.3) is 5.91 Å². The lowest BCUT2D eigenvalue weighted by Crippen LogP contribution is -2.52. The number of carbonyl (C=O) groups is 2. The molecule has 1 aliphatic rings. The van der Waals surface area contributed by atoms with Gasteiger partial charge in [0.05, 0.1) is 11.3 Å². The highest BCUT2D eigenvalue weighted by Gasteiger charge is 2.29. The summed E-state index contributed by atoms with van der Waals surface area (Å²) in [7, 11) is 0. The SMILES string of the molecule is N#Cc1ccccc1N1CCN(C(=O)c2cccc(-c3ccccc3)c2)CC1=O. The van der Waals surface area contributed by atoms with E-state index in [0.717, 1.165) is 11.1 Å². The minimum atomic E-state index is -0.188. The van der Waals surface area contributed by atoms with E-state index in [9.17, 15) is 14.9 Å². The molecule has 142 valence electrons. The summed E-state index contributed by atoms with van der Waals surface area (Å²) in [6.07, 6.45) is 0. The summed E-state index contributed by atoms with van der Waals surface area (Å²) in [4.78, 5) is 28.9. The molecule has 0 unspecified atom stereocenters. The van der Waals surface area contributed by atoms with E-state index in [0.29, 0.717) is 29.9 Å². The first-order valence-electron chi connectivity index (χ1n) is 9.41. The second-order valence-corrected chi connectivity index (χ2v) is 6.85. The first-order chi connectivity index (χ1) is 14.2. The van der Waals surface area contributed by atoms with E-state index in [1.807, 2.05) is 48.5 Å². The van der Waals surface area contributed by atoms with Gasteiger partial charge in [-0.05, 0) is 35.4 Å². The van der Waals surface area contributed by atoms with E-state index < -0.39 is 0 Å². The van der Waals surface area contributed by atoms with Crippen LogP contribution in [0.25, 0.3) is 11.1 Å². The van der Waals surface area contributed by atoms with E-state index in [-0.39, 0.29) is 18.4 Å². The molecule has 0 aliphatic carbocycles. The first-order valence-corrected chi connectivity index (χ1v) is 9.41. The Morgan fingerprint density at radius 1 is 0.862 bits per heavy atom.